The van der Waals surface area contributed by atoms with Crippen molar-refractivity contribution < 1.29 is 9.53 Å². The number of likely N-dealkylation sites (tertiary alicyclic amines) is 1. The molecule has 2 unspecified atom stereocenters. The van der Waals surface area contributed by atoms with Crippen LogP contribution in [0.4, 0.5) is 5.69 Å². The Hall–Kier alpha value is -1.56. The normalized spacial score (nSPS) is 27.5. The molecule has 2 aliphatic heterocycles. The molecule has 6 nitrogen and oxygen atoms in total. The fraction of sp³-hybridized carbons (Fsp3) is 0.636. The Morgan fingerprint density at radius 1 is 1.47 bits per heavy atom. The summed E-state index contributed by atoms with van der Waals surface area (Å²) in [4.78, 5) is 14.1. The van der Waals surface area contributed by atoms with Crippen molar-refractivity contribution in [2.75, 3.05) is 18.8 Å². The Kier molecular flexibility index (Phi) is 2.32. The number of ether oxygens (including phenoxy) is 1. The molecule has 6 heteroatoms. The van der Waals surface area contributed by atoms with Crippen molar-refractivity contribution in [1.29, 1.82) is 0 Å². The second-order valence-corrected chi connectivity index (χ2v) is 4.77. The molecule has 17 heavy (non-hydrogen) atoms. The number of hydrogen-bond acceptors (Lipinski definition) is 4. The van der Waals surface area contributed by atoms with Crippen molar-refractivity contribution in [3.63, 3.8) is 0 Å². The highest BCUT2D eigenvalue weighted by Crippen LogP contribution is 2.27. The van der Waals surface area contributed by atoms with Crippen molar-refractivity contribution in [2.24, 2.45) is 7.05 Å². The summed E-state index contributed by atoms with van der Waals surface area (Å²) in [5.74, 6) is -0.0803. The third-order valence-corrected chi connectivity index (χ3v) is 3.39. The quantitative estimate of drug-likeness (QED) is 0.745. The van der Waals surface area contributed by atoms with Crippen LogP contribution < -0.4 is 5.73 Å². The van der Waals surface area contributed by atoms with Crippen LogP contribution >= 0.6 is 0 Å². The van der Waals surface area contributed by atoms with Gasteiger partial charge in [0.05, 0.1) is 17.9 Å². The smallest absolute Gasteiger partial charge is 0.276 e. The molecule has 2 aliphatic rings. The zero-order valence-electron chi connectivity index (χ0n) is 9.80. The minimum absolute atomic E-state index is 0.0803. The van der Waals surface area contributed by atoms with Crippen LogP contribution in [0, 0.1) is 0 Å². The molecule has 3 heterocycles. The van der Waals surface area contributed by atoms with Crippen LogP contribution in [0.3, 0.4) is 0 Å². The van der Waals surface area contributed by atoms with Crippen LogP contribution in [-0.2, 0) is 11.8 Å². The molecular weight excluding hydrogens is 220 g/mol. The van der Waals surface area contributed by atoms with E-state index in [0.717, 1.165) is 12.8 Å². The van der Waals surface area contributed by atoms with E-state index in [0.29, 0.717) is 24.5 Å². The van der Waals surface area contributed by atoms with Gasteiger partial charge in [0.2, 0.25) is 0 Å². The monoisotopic (exact) mass is 236 g/mol. The van der Waals surface area contributed by atoms with Crippen LogP contribution in [0.15, 0.2) is 6.20 Å². The van der Waals surface area contributed by atoms with Gasteiger partial charge in [-0.1, -0.05) is 0 Å². The summed E-state index contributed by atoms with van der Waals surface area (Å²) >= 11 is 0. The average molecular weight is 236 g/mol. The van der Waals surface area contributed by atoms with Gasteiger partial charge in [-0.05, 0) is 12.8 Å². The van der Waals surface area contributed by atoms with E-state index < -0.39 is 0 Å². The first kappa shape index (κ1) is 10.6. The van der Waals surface area contributed by atoms with Gasteiger partial charge in [0, 0.05) is 26.3 Å². The number of hydrogen-bond donors (Lipinski definition) is 1. The highest BCUT2D eigenvalue weighted by Gasteiger charge is 2.36. The lowest BCUT2D eigenvalue weighted by molar-refractivity contribution is -0.0305. The Bertz CT molecular complexity index is 444. The van der Waals surface area contributed by atoms with Gasteiger partial charge in [-0.15, -0.1) is 0 Å². The van der Waals surface area contributed by atoms with E-state index in [2.05, 4.69) is 5.10 Å². The maximum atomic E-state index is 12.3. The molecule has 0 spiro atoms. The van der Waals surface area contributed by atoms with E-state index >= 15 is 0 Å². The second-order valence-electron chi connectivity index (χ2n) is 4.77. The number of aryl methyl sites for hydroxylation is 1. The highest BCUT2D eigenvalue weighted by atomic mass is 16.5. The number of morpholine rings is 1. The molecule has 2 saturated heterocycles. The third kappa shape index (κ3) is 1.78. The van der Waals surface area contributed by atoms with Gasteiger partial charge in [-0.3, -0.25) is 9.48 Å². The predicted molar refractivity (Wildman–Crippen MR) is 61.4 cm³/mol. The van der Waals surface area contributed by atoms with E-state index in [-0.39, 0.29) is 18.1 Å². The number of nitrogen functional groups attached to an aromatic ring is 1. The average Bonchev–Trinajstić information content (AvgIpc) is 2.80. The number of rotatable bonds is 1. The number of fused-ring (bicyclic) bond motifs is 2. The molecule has 3 rings (SSSR count). The largest absolute Gasteiger partial charge is 0.396 e. The Balaban J connectivity index is 1.80. The van der Waals surface area contributed by atoms with Crippen molar-refractivity contribution in [2.45, 2.75) is 25.0 Å². The first-order chi connectivity index (χ1) is 8.13. The maximum Gasteiger partial charge on any atom is 0.276 e. The molecule has 0 radical (unpaired) electrons. The minimum Gasteiger partial charge on any atom is -0.396 e. The second kappa shape index (κ2) is 3.73. The van der Waals surface area contributed by atoms with E-state index in [1.807, 2.05) is 4.90 Å². The van der Waals surface area contributed by atoms with Crippen molar-refractivity contribution in [3.8, 4) is 0 Å². The number of amides is 1. The van der Waals surface area contributed by atoms with Gasteiger partial charge >= 0.3 is 0 Å². The standard InChI is InChI=1S/C11H16N4O2/c1-14-6-9(12)10(13-14)11(16)15-4-7-2-3-8(5-15)17-7/h6-8H,2-5,12H2,1H3. The van der Waals surface area contributed by atoms with E-state index in [1.165, 1.54) is 0 Å². The SMILES string of the molecule is Cn1cc(N)c(C(=O)N2CC3CCC(C2)O3)n1. The first-order valence-electron chi connectivity index (χ1n) is 5.87. The first-order valence-corrected chi connectivity index (χ1v) is 5.87. The molecule has 2 fully saturated rings. The topological polar surface area (TPSA) is 73.4 Å². The molecule has 2 N–H and O–H groups in total. The van der Waals surface area contributed by atoms with Crippen LogP contribution in [0.2, 0.25) is 0 Å². The van der Waals surface area contributed by atoms with Gasteiger partial charge < -0.3 is 15.4 Å². The summed E-state index contributed by atoms with van der Waals surface area (Å²) in [6, 6.07) is 0. The number of carbonyl (C=O) groups excluding carboxylic acids is 1. The molecule has 0 saturated carbocycles. The number of aromatic nitrogens is 2. The molecule has 1 aromatic rings. The summed E-state index contributed by atoms with van der Waals surface area (Å²) < 4.78 is 7.27. The fourth-order valence-electron chi connectivity index (χ4n) is 2.60. The van der Waals surface area contributed by atoms with Gasteiger partial charge in [0.25, 0.3) is 5.91 Å². The Labute approximate surface area is 99.3 Å². The molecule has 2 bridgehead atoms. The van der Waals surface area contributed by atoms with E-state index in [1.54, 1.807) is 17.9 Å². The summed E-state index contributed by atoms with van der Waals surface area (Å²) in [6.07, 6.45) is 4.14. The van der Waals surface area contributed by atoms with Crippen molar-refractivity contribution >= 4 is 11.6 Å². The summed E-state index contributed by atoms with van der Waals surface area (Å²) in [5, 5.41) is 4.12. The van der Waals surface area contributed by atoms with Gasteiger partial charge in [-0.2, -0.15) is 5.10 Å². The zero-order valence-corrected chi connectivity index (χ0v) is 9.80. The van der Waals surface area contributed by atoms with Crippen LogP contribution in [-0.4, -0.2) is 45.9 Å². The molecular formula is C11H16N4O2. The van der Waals surface area contributed by atoms with Gasteiger partial charge in [-0.25, -0.2) is 0 Å². The van der Waals surface area contributed by atoms with Crippen molar-refractivity contribution in [3.05, 3.63) is 11.9 Å². The lowest BCUT2D eigenvalue weighted by atomic mass is 10.2. The number of nitrogens with zero attached hydrogens (tertiary/aromatic N) is 3. The highest BCUT2D eigenvalue weighted by molar-refractivity contribution is 5.97. The van der Waals surface area contributed by atoms with Crippen LogP contribution in [0.1, 0.15) is 23.3 Å². The lowest BCUT2D eigenvalue weighted by Gasteiger charge is -2.31. The summed E-state index contributed by atoms with van der Waals surface area (Å²) in [5.41, 5.74) is 6.57. The van der Waals surface area contributed by atoms with Gasteiger partial charge in [0.15, 0.2) is 5.69 Å². The minimum atomic E-state index is -0.0803. The lowest BCUT2D eigenvalue weighted by Crippen LogP contribution is -2.46. The molecule has 0 aliphatic carbocycles. The number of carbonyl (C=O) groups is 1. The predicted octanol–water partition coefficient (Wildman–Crippen LogP) is 0.00570. The molecule has 92 valence electrons. The fourth-order valence-corrected chi connectivity index (χ4v) is 2.60. The van der Waals surface area contributed by atoms with E-state index in [4.69, 9.17) is 10.5 Å². The molecule has 2 atom stereocenters. The van der Waals surface area contributed by atoms with Crippen LogP contribution in [0.25, 0.3) is 0 Å². The van der Waals surface area contributed by atoms with Gasteiger partial charge in [0.1, 0.15) is 0 Å². The number of anilines is 1. The molecule has 1 amide bonds. The third-order valence-electron chi connectivity index (χ3n) is 3.39. The maximum absolute atomic E-state index is 12.3. The zero-order chi connectivity index (χ0) is 12.0. The van der Waals surface area contributed by atoms with E-state index in [9.17, 15) is 4.79 Å². The van der Waals surface area contributed by atoms with Crippen LogP contribution in [0.5, 0.6) is 0 Å². The molecule has 1 aromatic heterocycles. The van der Waals surface area contributed by atoms with Crippen molar-refractivity contribution in [1.82, 2.24) is 14.7 Å². The summed E-state index contributed by atoms with van der Waals surface area (Å²) in [7, 11) is 1.76. The molecule has 0 aromatic carbocycles. The Morgan fingerprint density at radius 3 is 2.65 bits per heavy atom. The Morgan fingerprint density at radius 2 is 2.12 bits per heavy atom. The summed E-state index contributed by atoms with van der Waals surface area (Å²) in [6.45, 7) is 1.32. The number of nitrogens with two attached hydrogens (primary N) is 1.